The molecule has 2 aromatic rings. The summed E-state index contributed by atoms with van der Waals surface area (Å²) in [4.78, 5) is 15.8. The first-order valence-electron chi connectivity index (χ1n) is 8.28. The van der Waals surface area contributed by atoms with Crippen molar-refractivity contribution in [1.29, 1.82) is 0 Å². The summed E-state index contributed by atoms with van der Waals surface area (Å²) in [6.07, 6.45) is 6.92. The first kappa shape index (κ1) is 18.3. The Hall–Kier alpha value is -2.07. The van der Waals surface area contributed by atoms with Crippen LogP contribution in [0.15, 0.2) is 36.0 Å². The molecule has 0 aliphatic heterocycles. The van der Waals surface area contributed by atoms with Crippen molar-refractivity contribution in [2.75, 3.05) is 0 Å². The van der Waals surface area contributed by atoms with Crippen LogP contribution in [0.4, 0.5) is 0 Å². The number of aliphatic carboxylic acids is 1. The Balaban J connectivity index is 2.43. The van der Waals surface area contributed by atoms with Gasteiger partial charge in [0.1, 0.15) is 5.82 Å². The molecule has 0 radical (unpaired) electrons. The summed E-state index contributed by atoms with van der Waals surface area (Å²) < 4.78 is 2.06. The van der Waals surface area contributed by atoms with Crippen LogP contribution in [0, 0.1) is 0 Å². The quantitative estimate of drug-likeness (QED) is 0.698. The van der Waals surface area contributed by atoms with E-state index in [0.717, 1.165) is 36.3 Å². The molecular formula is C19H23ClN2O2. The molecule has 0 saturated heterocycles. The maximum Gasteiger partial charge on any atom is 0.331 e. The van der Waals surface area contributed by atoms with Crippen LogP contribution >= 0.6 is 11.6 Å². The number of halogens is 1. The number of aromatic nitrogens is 2. The number of hydrogen-bond donors (Lipinski definition) is 1. The lowest BCUT2D eigenvalue weighted by Gasteiger charge is -2.12. The highest BCUT2D eigenvalue weighted by molar-refractivity contribution is 6.31. The van der Waals surface area contributed by atoms with Crippen LogP contribution in [-0.2, 0) is 17.8 Å². The van der Waals surface area contributed by atoms with Crippen LogP contribution < -0.4 is 0 Å². The van der Waals surface area contributed by atoms with Crippen LogP contribution in [-0.4, -0.2) is 20.6 Å². The summed E-state index contributed by atoms with van der Waals surface area (Å²) in [7, 11) is 0. The molecule has 1 heterocycles. The van der Waals surface area contributed by atoms with E-state index in [-0.39, 0.29) is 0 Å². The number of nitrogens with zero attached hydrogens (tertiary/aromatic N) is 2. The molecule has 24 heavy (non-hydrogen) atoms. The monoisotopic (exact) mass is 346 g/mol. The number of rotatable bonds is 8. The summed E-state index contributed by atoms with van der Waals surface area (Å²) in [5.41, 5.74) is 2.18. The SMILES string of the molecule is CCCCc1ncc(C=C(CC)C(=O)O)n1Cc1ccccc1Cl. The number of carboxylic acids is 1. The third-order valence-electron chi connectivity index (χ3n) is 3.99. The number of imidazole rings is 1. The Kier molecular flexibility index (Phi) is 6.62. The maximum atomic E-state index is 11.3. The van der Waals surface area contributed by atoms with Crippen molar-refractivity contribution >= 4 is 23.6 Å². The van der Waals surface area contributed by atoms with Crippen molar-refractivity contribution in [3.63, 3.8) is 0 Å². The average Bonchev–Trinajstić information content (AvgIpc) is 2.94. The fraction of sp³-hybridized carbons (Fsp3) is 0.368. The molecule has 0 unspecified atom stereocenters. The van der Waals surface area contributed by atoms with E-state index in [0.29, 0.717) is 23.6 Å². The highest BCUT2D eigenvalue weighted by atomic mass is 35.5. The highest BCUT2D eigenvalue weighted by Gasteiger charge is 2.13. The Morgan fingerprint density at radius 2 is 2.08 bits per heavy atom. The third-order valence-corrected chi connectivity index (χ3v) is 4.36. The van der Waals surface area contributed by atoms with Crippen LogP contribution in [0.5, 0.6) is 0 Å². The van der Waals surface area contributed by atoms with Gasteiger partial charge in [-0.15, -0.1) is 0 Å². The van der Waals surface area contributed by atoms with Crippen molar-refractivity contribution in [2.24, 2.45) is 0 Å². The molecule has 0 bridgehead atoms. The van der Waals surface area contributed by atoms with E-state index in [9.17, 15) is 9.90 Å². The number of aryl methyl sites for hydroxylation is 1. The largest absolute Gasteiger partial charge is 0.478 e. The van der Waals surface area contributed by atoms with Gasteiger partial charge in [0.25, 0.3) is 0 Å². The van der Waals surface area contributed by atoms with Crippen molar-refractivity contribution in [3.05, 3.63) is 58.1 Å². The zero-order chi connectivity index (χ0) is 17.5. The molecule has 1 aromatic carbocycles. The minimum Gasteiger partial charge on any atom is -0.478 e. The predicted molar refractivity (Wildman–Crippen MR) is 97.3 cm³/mol. The van der Waals surface area contributed by atoms with Crippen LogP contribution in [0.25, 0.3) is 6.08 Å². The van der Waals surface area contributed by atoms with E-state index in [2.05, 4.69) is 16.5 Å². The lowest BCUT2D eigenvalue weighted by Crippen LogP contribution is -2.08. The Bertz CT molecular complexity index is 735. The molecule has 0 saturated carbocycles. The zero-order valence-electron chi connectivity index (χ0n) is 14.1. The minimum absolute atomic E-state index is 0.373. The average molecular weight is 347 g/mol. The predicted octanol–water partition coefficient (Wildman–Crippen LogP) is 4.81. The van der Waals surface area contributed by atoms with Gasteiger partial charge < -0.3 is 9.67 Å². The lowest BCUT2D eigenvalue weighted by atomic mass is 10.1. The first-order valence-corrected chi connectivity index (χ1v) is 8.66. The van der Waals surface area contributed by atoms with Crippen molar-refractivity contribution in [1.82, 2.24) is 9.55 Å². The molecule has 0 amide bonds. The number of hydrogen-bond acceptors (Lipinski definition) is 2. The topological polar surface area (TPSA) is 55.1 Å². The van der Waals surface area contributed by atoms with Gasteiger partial charge in [-0.05, 0) is 30.5 Å². The fourth-order valence-electron chi connectivity index (χ4n) is 2.55. The second-order valence-electron chi connectivity index (χ2n) is 5.71. The van der Waals surface area contributed by atoms with Crippen LogP contribution in [0.1, 0.15) is 50.2 Å². The molecule has 4 nitrogen and oxygen atoms in total. The first-order chi connectivity index (χ1) is 11.6. The van der Waals surface area contributed by atoms with E-state index in [1.165, 1.54) is 0 Å². The molecule has 128 valence electrons. The number of carboxylic acid groups (broad SMARTS) is 1. The minimum atomic E-state index is -0.891. The van der Waals surface area contributed by atoms with Gasteiger partial charge in [0.2, 0.25) is 0 Å². The van der Waals surface area contributed by atoms with Gasteiger partial charge in [0, 0.05) is 17.0 Å². The van der Waals surface area contributed by atoms with E-state index in [4.69, 9.17) is 11.6 Å². The summed E-state index contributed by atoms with van der Waals surface area (Å²) in [6.45, 7) is 4.57. The van der Waals surface area contributed by atoms with Gasteiger partial charge in [-0.3, -0.25) is 0 Å². The summed E-state index contributed by atoms with van der Waals surface area (Å²) >= 11 is 6.29. The van der Waals surface area contributed by atoms with Gasteiger partial charge in [-0.1, -0.05) is 50.1 Å². The second-order valence-corrected chi connectivity index (χ2v) is 6.12. The normalized spacial score (nSPS) is 11.7. The number of benzene rings is 1. The summed E-state index contributed by atoms with van der Waals surface area (Å²) in [5.74, 6) is 0.0713. The van der Waals surface area contributed by atoms with Crippen LogP contribution in [0.3, 0.4) is 0 Å². The molecule has 5 heteroatoms. The molecule has 2 rings (SSSR count). The number of carbonyl (C=O) groups is 1. The number of unbranched alkanes of at least 4 members (excludes halogenated alkanes) is 1. The van der Waals surface area contributed by atoms with Crippen molar-refractivity contribution < 1.29 is 9.90 Å². The van der Waals surface area contributed by atoms with E-state index < -0.39 is 5.97 Å². The molecule has 0 spiro atoms. The van der Waals surface area contributed by atoms with Crippen molar-refractivity contribution in [3.8, 4) is 0 Å². The standard InChI is InChI=1S/C19H23ClN2O2/c1-3-5-10-18-21-12-16(11-14(4-2)19(23)24)22(18)13-15-8-6-7-9-17(15)20/h6-9,11-12H,3-5,10,13H2,1-2H3,(H,23,24). The van der Waals surface area contributed by atoms with Crippen molar-refractivity contribution in [2.45, 2.75) is 46.1 Å². The Morgan fingerprint density at radius 1 is 1.33 bits per heavy atom. The molecule has 0 aliphatic rings. The Morgan fingerprint density at radius 3 is 2.71 bits per heavy atom. The summed E-state index contributed by atoms with van der Waals surface area (Å²) in [6, 6.07) is 7.70. The smallest absolute Gasteiger partial charge is 0.331 e. The van der Waals surface area contributed by atoms with Gasteiger partial charge >= 0.3 is 5.97 Å². The fourth-order valence-corrected chi connectivity index (χ4v) is 2.75. The molecule has 0 atom stereocenters. The van der Waals surface area contributed by atoms with Gasteiger partial charge in [0.05, 0.1) is 18.4 Å². The van der Waals surface area contributed by atoms with Crippen LogP contribution in [0.2, 0.25) is 5.02 Å². The van der Waals surface area contributed by atoms with E-state index in [1.54, 1.807) is 12.3 Å². The van der Waals surface area contributed by atoms with Gasteiger partial charge in [-0.2, -0.15) is 0 Å². The molecular weight excluding hydrogens is 324 g/mol. The highest BCUT2D eigenvalue weighted by Crippen LogP contribution is 2.21. The second kappa shape index (κ2) is 8.69. The molecule has 0 fully saturated rings. The van der Waals surface area contributed by atoms with Gasteiger partial charge in [-0.25, -0.2) is 9.78 Å². The Labute approximate surface area is 147 Å². The van der Waals surface area contributed by atoms with Gasteiger partial charge in [0.15, 0.2) is 0 Å². The summed E-state index contributed by atoms with van der Waals surface area (Å²) in [5, 5.41) is 9.99. The third kappa shape index (κ3) is 4.48. The molecule has 0 aliphatic carbocycles. The zero-order valence-corrected chi connectivity index (χ0v) is 14.9. The van der Waals surface area contributed by atoms with E-state index in [1.807, 2.05) is 31.2 Å². The molecule has 1 N–H and O–H groups in total. The maximum absolute atomic E-state index is 11.3. The molecule has 1 aromatic heterocycles. The van der Waals surface area contributed by atoms with E-state index >= 15 is 0 Å². The lowest BCUT2D eigenvalue weighted by molar-refractivity contribution is -0.132.